The van der Waals surface area contributed by atoms with Gasteiger partial charge < -0.3 is 5.73 Å². The van der Waals surface area contributed by atoms with E-state index in [-0.39, 0.29) is 0 Å². The molecule has 13 heavy (non-hydrogen) atoms. The Morgan fingerprint density at radius 2 is 2.23 bits per heavy atom. The van der Waals surface area contributed by atoms with Gasteiger partial charge in [-0.05, 0) is 17.7 Å². The van der Waals surface area contributed by atoms with Crippen LogP contribution in [0.4, 0.5) is 0 Å². The zero-order valence-electron chi connectivity index (χ0n) is 7.14. The van der Waals surface area contributed by atoms with Gasteiger partial charge in [-0.1, -0.05) is 18.2 Å². The predicted octanol–water partition coefficient (Wildman–Crippen LogP) is 1.09. The molecule has 2 rings (SSSR count). The van der Waals surface area contributed by atoms with Crippen molar-refractivity contribution in [3.05, 3.63) is 41.5 Å². The molecule has 0 atom stereocenters. The standard InChI is InChI=1S/C10H10N3/c11-7-8-2-1-3-9(6-8)10-4-5-12-13-10/h1-6H,7,11H2. The summed E-state index contributed by atoms with van der Waals surface area (Å²) in [7, 11) is 0. The second-order valence-corrected chi connectivity index (χ2v) is 2.82. The van der Waals surface area contributed by atoms with Crippen molar-refractivity contribution in [1.29, 1.82) is 0 Å². The van der Waals surface area contributed by atoms with Crippen LogP contribution >= 0.6 is 0 Å². The van der Waals surface area contributed by atoms with E-state index in [4.69, 9.17) is 5.73 Å². The number of nitrogens with zero attached hydrogens (tertiary/aromatic N) is 2. The Morgan fingerprint density at radius 1 is 1.31 bits per heavy atom. The topological polar surface area (TPSA) is 52.5 Å². The van der Waals surface area contributed by atoms with Crippen LogP contribution < -0.4 is 11.2 Å². The molecular formula is C10H10N3. The lowest BCUT2D eigenvalue weighted by Crippen LogP contribution is -1.98. The molecule has 0 aromatic heterocycles. The molecule has 1 radical (unpaired) electrons. The van der Waals surface area contributed by atoms with Gasteiger partial charge in [0.25, 0.3) is 0 Å². The maximum absolute atomic E-state index is 5.54. The van der Waals surface area contributed by atoms with E-state index in [1.54, 1.807) is 6.21 Å². The van der Waals surface area contributed by atoms with Crippen molar-refractivity contribution in [3.8, 4) is 0 Å². The molecule has 0 unspecified atom stereocenters. The van der Waals surface area contributed by atoms with Gasteiger partial charge in [-0.25, -0.2) is 0 Å². The van der Waals surface area contributed by atoms with Gasteiger partial charge in [-0.3, -0.25) is 0 Å². The summed E-state index contributed by atoms with van der Waals surface area (Å²) in [6, 6.07) is 8.01. The highest BCUT2D eigenvalue weighted by molar-refractivity contribution is 5.87. The molecule has 1 heterocycles. The Balaban J connectivity index is 2.30. The van der Waals surface area contributed by atoms with Crippen LogP contribution in [0.5, 0.6) is 0 Å². The Morgan fingerprint density at radius 3 is 2.92 bits per heavy atom. The lowest BCUT2D eigenvalue weighted by molar-refractivity contribution is 0.995. The summed E-state index contributed by atoms with van der Waals surface area (Å²) in [5.41, 5.74) is 12.6. The second-order valence-electron chi connectivity index (χ2n) is 2.82. The van der Waals surface area contributed by atoms with Gasteiger partial charge in [-0.2, -0.15) is 10.5 Å². The van der Waals surface area contributed by atoms with Crippen molar-refractivity contribution in [3.63, 3.8) is 0 Å². The van der Waals surface area contributed by atoms with Crippen LogP contribution in [0.25, 0.3) is 5.70 Å². The van der Waals surface area contributed by atoms with Gasteiger partial charge in [0.2, 0.25) is 0 Å². The Hall–Kier alpha value is -1.61. The van der Waals surface area contributed by atoms with Crippen LogP contribution in [0.15, 0.2) is 35.4 Å². The minimum Gasteiger partial charge on any atom is -0.326 e. The molecule has 3 nitrogen and oxygen atoms in total. The summed E-state index contributed by atoms with van der Waals surface area (Å²) in [6.45, 7) is 0.558. The summed E-state index contributed by atoms with van der Waals surface area (Å²) < 4.78 is 0. The highest BCUT2D eigenvalue weighted by atomic mass is 15.3. The normalized spacial score (nSPS) is 14.1. The van der Waals surface area contributed by atoms with Gasteiger partial charge in [0, 0.05) is 12.1 Å². The van der Waals surface area contributed by atoms with Crippen LogP contribution in [-0.2, 0) is 6.54 Å². The quantitative estimate of drug-likeness (QED) is 0.713. The van der Waals surface area contributed by atoms with Crippen LogP contribution in [0.2, 0.25) is 0 Å². The summed E-state index contributed by atoms with van der Waals surface area (Å²) in [5.74, 6) is 0. The third-order valence-electron chi connectivity index (χ3n) is 1.92. The van der Waals surface area contributed by atoms with Crippen molar-refractivity contribution < 1.29 is 0 Å². The first-order valence-corrected chi connectivity index (χ1v) is 4.14. The molecule has 0 spiro atoms. The van der Waals surface area contributed by atoms with Crippen LogP contribution in [-0.4, -0.2) is 6.21 Å². The number of nitrogens with two attached hydrogens (primary N) is 1. The molecule has 65 valence electrons. The van der Waals surface area contributed by atoms with E-state index in [0.717, 1.165) is 16.8 Å². The van der Waals surface area contributed by atoms with Gasteiger partial charge in [0.05, 0.1) is 11.9 Å². The predicted molar refractivity (Wildman–Crippen MR) is 52.9 cm³/mol. The van der Waals surface area contributed by atoms with E-state index in [1.165, 1.54) is 0 Å². The zero-order valence-corrected chi connectivity index (χ0v) is 7.14. The second kappa shape index (κ2) is 3.41. The molecule has 0 fully saturated rings. The lowest BCUT2D eigenvalue weighted by atomic mass is 10.1. The minimum atomic E-state index is 0.558. The van der Waals surface area contributed by atoms with Crippen molar-refractivity contribution in [2.45, 2.75) is 6.54 Å². The first-order valence-electron chi connectivity index (χ1n) is 4.14. The monoisotopic (exact) mass is 172 g/mol. The summed E-state index contributed by atoms with van der Waals surface area (Å²) >= 11 is 0. The molecule has 1 aliphatic heterocycles. The fourth-order valence-electron chi connectivity index (χ4n) is 1.24. The SMILES string of the molecule is NCc1cccc(C2=CC=N[N]2)c1. The van der Waals surface area contributed by atoms with Crippen LogP contribution in [0.3, 0.4) is 0 Å². The van der Waals surface area contributed by atoms with Crippen molar-refractivity contribution in [2.24, 2.45) is 10.8 Å². The van der Waals surface area contributed by atoms with Gasteiger partial charge in [-0.15, -0.1) is 0 Å². The molecule has 0 saturated carbocycles. The van der Waals surface area contributed by atoms with E-state index in [0.29, 0.717) is 6.54 Å². The Kier molecular flexibility index (Phi) is 2.10. The van der Waals surface area contributed by atoms with E-state index in [1.807, 2.05) is 30.3 Å². The average molecular weight is 172 g/mol. The fourth-order valence-corrected chi connectivity index (χ4v) is 1.24. The van der Waals surface area contributed by atoms with Gasteiger partial charge in [0.15, 0.2) is 0 Å². The van der Waals surface area contributed by atoms with Crippen molar-refractivity contribution in [1.82, 2.24) is 5.43 Å². The number of rotatable bonds is 2. The van der Waals surface area contributed by atoms with Crippen LogP contribution in [0.1, 0.15) is 11.1 Å². The molecule has 1 aromatic rings. The largest absolute Gasteiger partial charge is 0.326 e. The first kappa shape index (κ1) is 8.01. The molecular weight excluding hydrogens is 162 g/mol. The Labute approximate surface area is 77.0 Å². The maximum Gasteiger partial charge on any atom is 0.0945 e. The highest BCUT2D eigenvalue weighted by Gasteiger charge is 2.05. The molecule has 0 bridgehead atoms. The molecule has 2 N–H and O–H groups in total. The summed E-state index contributed by atoms with van der Waals surface area (Å²) in [5, 5.41) is 3.77. The molecule has 0 amide bonds. The van der Waals surface area contributed by atoms with Crippen molar-refractivity contribution >= 4 is 11.9 Å². The number of hydrogen-bond donors (Lipinski definition) is 1. The molecule has 1 aromatic carbocycles. The molecule has 1 aliphatic rings. The summed E-state index contributed by atoms with van der Waals surface area (Å²) in [6.07, 6.45) is 3.57. The third-order valence-corrected chi connectivity index (χ3v) is 1.92. The highest BCUT2D eigenvalue weighted by Crippen LogP contribution is 2.15. The first-order chi connectivity index (χ1) is 6.40. The summed E-state index contributed by atoms with van der Waals surface area (Å²) in [4.78, 5) is 0. The van der Waals surface area contributed by atoms with Crippen LogP contribution in [0, 0.1) is 0 Å². The Bertz CT molecular complexity index is 366. The zero-order chi connectivity index (χ0) is 9.10. The minimum absolute atomic E-state index is 0.558. The number of benzene rings is 1. The lowest BCUT2D eigenvalue weighted by Gasteiger charge is -2.02. The van der Waals surface area contributed by atoms with E-state index in [9.17, 15) is 0 Å². The van der Waals surface area contributed by atoms with Crippen molar-refractivity contribution in [2.75, 3.05) is 0 Å². The molecule has 0 aliphatic carbocycles. The van der Waals surface area contributed by atoms with E-state index >= 15 is 0 Å². The fraction of sp³-hybridized carbons (Fsp3) is 0.100. The number of allylic oxidation sites excluding steroid dienone is 1. The van der Waals surface area contributed by atoms with Gasteiger partial charge in [0.1, 0.15) is 0 Å². The van der Waals surface area contributed by atoms with Gasteiger partial charge >= 0.3 is 0 Å². The average Bonchev–Trinajstić information content (AvgIpc) is 2.71. The smallest absolute Gasteiger partial charge is 0.0945 e. The number of hydrogen-bond acceptors (Lipinski definition) is 2. The van der Waals surface area contributed by atoms with E-state index in [2.05, 4.69) is 10.5 Å². The molecule has 3 heteroatoms. The maximum atomic E-state index is 5.54. The molecule has 0 saturated heterocycles. The third kappa shape index (κ3) is 1.60. The van der Waals surface area contributed by atoms with E-state index < -0.39 is 0 Å².